The first-order valence-corrected chi connectivity index (χ1v) is 4.23. The van der Waals surface area contributed by atoms with Crippen LogP contribution < -0.4 is 5.73 Å². The summed E-state index contributed by atoms with van der Waals surface area (Å²) in [6.45, 7) is 1.87. The van der Waals surface area contributed by atoms with Crippen LogP contribution in [0.25, 0.3) is 0 Å². The van der Waals surface area contributed by atoms with Crippen LogP contribution in [-0.2, 0) is 12.8 Å². The van der Waals surface area contributed by atoms with Crippen molar-refractivity contribution >= 4 is 5.82 Å². The van der Waals surface area contributed by atoms with Gasteiger partial charge in [-0.05, 0) is 12.5 Å². The van der Waals surface area contributed by atoms with E-state index in [0.717, 1.165) is 0 Å². The molecule has 2 nitrogen and oxygen atoms in total. The first kappa shape index (κ1) is 10.8. The minimum Gasteiger partial charge on any atom is -0.383 e. The van der Waals surface area contributed by atoms with Crippen LogP contribution in [0.5, 0.6) is 0 Å². The Morgan fingerprint density at radius 3 is 2.43 bits per heavy atom. The lowest BCUT2D eigenvalue weighted by Gasteiger charge is -2.09. The van der Waals surface area contributed by atoms with E-state index in [1.54, 1.807) is 6.07 Å². The van der Waals surface area contributed by atoms with Crippen molar-refractivity contribution in [1.29, 1.82) is 0 Å². The maximum Gasteiger partial charge on any atom is 0.393 e. The summed E-state index contributed by atoms with van der Waals surface area (Å²) in [6.07, 6.45) is -4.59. The Balaban J connectivity index is 2.89. The van der Waals surface area contributed by atoms with Gasteiger partial charge >= 0.3 is 6.18 Å². The molecule has 0 unspecified atom stereocenters. The van der Waals surface area contributed by atoms with E-state index in [9.17, 15) is 13.2 Å². The molecule has 14 heavy (non-hydrogen) atoms. The highest BCUT2D eigenvalue weighted by molar-refractivity contribution is 5.40. The molecule has 1 aromatic rings. The number of nitrogens with two attached hydrogens (primary N) is 1. The molecular formula is C9H11F3N2. The lowest BCUT2D eigenvalue weighted by molar-refractivity contribution is -0.127. The van der Waals surface area contributed by atoms with Gasteiger partial charge in [0.1, 0.15) is 5.82 Å². The van der Waals surface area contributed by atoms with E-state index in [4.69, 9.17) is 5.73 Å². The number of pyridine rings is 1. The van der Waals surface area contributed by atoms with Crippen molar-refractivity contribution in [2.45, 2.75) is 25.9 Å². The second kappa shape index (κ2) is 3.86. The summed E-state index contributed by atoms with van der Waals surface area (Å²) in [5.74, 6) is -0.0262. The van der Waals surface area contributed by atoms with Gasteiger partial charge in [0, 0.05) is 11.3 Å². The van der Waals surface area contributed by atoms with Gasteiger partial charge in [0.05, 0.1) is 6.42 Å². The fourth-order valence-corrected chi connectivity index (χ4v) is 1.11. The summed E-state index contributed by atoms with van der Waals surface area (Å²) >= 11 is 0. The number of hydrogen-bond acceptors (Lipinski definition) is 2. The number of nitrogen functional groups attached to an aromatic ring is 1. The minimum absolute atomic E-state index is 0.0262. The molecule has 0 atom stereocenters. The molecule has 0 saturated carbocycles. The molecule has 0 saturated heterocycles. The number of halogens is 3. The summed E-state index contributed by atoms with van der Waals surface area (Å²) in [5.41, 5.74) is 6.13. The maximum absolute atomic E-state index is 12.0. The number of alkyl halides is 3. The molecule has 78 valence electrons. The Bertz CT molecular complexity index is 320. The van der Waals surface area contributed by atoms with E-state index in [1.807, 2.05) is 6.92 Å². The van der Waals surface area contributed by atoms with Crippen molar-refractivity contribution in [3.8, 4) is 0 Å². The third-order valence-corrected chi connectivity index (χ3v) is 1.82. The van der Waals surface area contributed by atoms with Crippen LogP contribution in [0.1, 0.15) is 18.2 Å². The number of aromatic nitrogens is 1. The molecule has 0 spiro atoms. The number of aryl methyl sites for hydroxylation is 1. The molecule has 0 aromatic carbocycles. The average Bonchev–Trinajstić information content (AvgIpc) is 2.06. The minimum atomic E-state index is -4.23. The summed E-state index contributed by atoms with van der Waals surface area (Å²) in [4.78, 5) is 3.85. The first-order valence-electron chi connectivity index (χ1n) is 4.23. The molecular weight excluding hydrogens is 193 g/mol. The van der Waals surface area contributed by atoms with Crippen molar-refractivity contribution < 1.29 is 13.2 Å². The van der Waals surface area contributed by atoms with Crippen LogP contribution in [0, 0.1) is 0 Å². The fraction of sp³-hybridized carbons (Fsp3) is 0.444. The lowest BCUT2D eigenvalue weighted by Crippen LogP contribution is -2.14. The largest absolute Gasteiger partial charge is 0.393 e. The molecule has 0 aliphatic carbocycles. The molecule has 2 N–H and O–H groups in total. The van der Waals surface area contributed by atoms with Gasteiger partial charge in [-0.25, -0.2) is 4.98 Å². The molecule has 5 heteroatoms. The van der Waals surface area contributed by atoms with E-state index in [2.05, 4.69) is 4.98 Å². The van der Waals surface area contributed by atoms with Crippen LogP contribution in [0.4, 0.5) is 19.0 Å². The SMILES string of the molecule is CCc1ccc(CC(F)(F)F)c(N)n1. The van der Waals surface area contributed by atoms with Gasteiger partial charge in [0.2, 0.25) is 0 Å². The van der Waals surface area contributed by atoms with Gasteiger partial charge in [-0.1, -0.05) is 13.0 Å². The average molecular weight is 204 g/mol. The van der Waals surface area contributed by atoms with Gasteiger partial charge in [-0.15, -0.1) is 0 Å². The number of nitrogens with zero attached hydrogens (tertiary/aromatic N) is 1. The summed E-state index contributed by atoms with van der Waals surface area (Å²) in [6, 6.07) is 2.95. The first-order chi connectivity index (χ1) is 6.42. The number of hydrogen-bond donors (Lipinski definition) is 1. The van der Waals surface area contributed by atoms with Crippen molar-refractivity contribution in [2.75, 3.05) is 5.73 Å². The van der Waals surface area contributed by atoms with E-state index in [1.165, 1.54) is 6.07 Å². The van der Waals surface area contributed by atoms with Crippen LogP contribution >= 0.6 is 0 Å². The van der Waals surface area contributed by atoms with Crippen LogP contribution in [0.15, 0.2) is 12.1 Å². The predicted octanol–water partition coefficient (Wildman–Crippen LogP) is 2.33. The molecule has 0 fully saturated rings. The van der Waals surface area contributed by atoms with Crippen molar-refractivity contribution in [3.05, 3.63) is 23.4 Å². The number of rotatable bonds is 2. The highest BCUT2D eigenvalue weighted by Crippen LogP contribution is 2.23. The van der Waals surface area contributed by atoms with Crippen LogP contribution in [-0.4, -0.2) is 11.2 Å². The third kappa shape index (κ3) is 2.90. The van der Waals surface area contributed by atoms with Crippen LogP contribution in [0.3, 0.4) is 0 Å². The van der Waals surface area contributed by atoms with Gasteiger partial charge in [0.15, 0.2) is 0 Å². The summed E-state index contributed by atoms with van der Waals surface area (Å²) < 4.78 is 36.1. The molecule has 1 heterocycles. The zero-order valence-corrected chi connectivity index (χ0v) is 7.73. The second-order valence-corrected chi connectivity index (χ2v) is 2.99. The molecule has 0 aliphatic rings. The molecule has 0 radical (unpaired) electrons. The van der Waals surface area contributed by atoms with E-state index >= 15 is 0 Å². The zero-order valence-electron chi connectivity index (χ0n) is 7.73. The third-order valence-electron chi connectivity index (χ3n) is 1.82. The van der Waals surface area contributed by atoms with Crippen LogP contribution in [0.2, 0.25) is 0 Å². The highest BCUT2D eigenvalue weighted by atomic mass is 19.4. The van der Waals surface area contributed by atoms with Gasteiger partial charge in [-0.3, -0.25) is 0 Å². The number of anilines is 1. The summed E-state index contributed by atoms with van der Waals surface area (Å²) in [7, 11) is 0. The fourth-order valence-electron chi connectivity index (χ4n) is 1.11. The Morgan fingerprint density at radius 2 is 2.00 bits per heavy atom. The molecule has 0 bridgehead atoms. The predicted molar refractivity (Wildman–Crippen MR) is 47.8 cm³/mol. The maximum atomic E-state index is 12.0. The molecule has 1 rings (SSSR count). The molecule has 0 aliphatic heterocycles. The molecule has 1 aromatic heterocycles. The van der Waals surface area contributed by atoms with E-state index in [-0.39, 0.29) is 11.4 Å². The Morgan fingerprint density at radius 1 is 1.36 bits per heavy atom. The van der Waals surface area contributed by atoms with Gasteiger partial charge in [0.25, 0.3) is 0 Å². The second-order valence-electron chi connectivity index (χ2n) is 2.99. The van der Waals surface area contributed by atoms with Gasteiger partial charge in [-0.2, -0.15) is 13.2 Å². The normalized spacial score (nSPS) is 11.7. The lowest BCUT2D eigenvalue weighted by atomic mass is 10.1. The molecule has 0 amide bonds. The van der Waals surface area contributed by atoms with Crippen molar-refractivity contribution in [2.24, 2.45) is 0 Å². The van der Waals surface area contributed by atoms with Gasteiger partial charge < -0.3 is 5.73 Å². The zero-order chi connectivity index (χ0) is 10.8. The van der Waals surface area contributed by atoms with Crippen molar-refractivity contribution in [3.63, 3.8) is 0 Å². The summed E-state index contributed by atoms with van der Waals surface area (Å²) in [5, 5.41) is 0. The Kier molecular flexibility index (Phi) is 2.98. The Labute approximate surface area is 79.9 Å². The van der Waals surface area contributed by atoms with E-state index < -0.39 is 12.6 Å². The topological polar surface area (TPSA) is 38.9 Å². The smallest absolute Gasteiger partial charge is 0.383 e. The standard InChI is InChI=1S/C9H11F3N2/c1-2-7-4-3-6(8(13)14-7)5-9(10,11)12/h3-4H,2,5H2,1H3,(H2,13,14). The Hall–Kier alpha value is -1.26. The monoisotopic (exact) mass is 204 g/mol. The highest BCUT2D eigenvalue weighted by Gasteiger charge is 2.28. The van der Waals surface area contributed by atoms with Crippen molar-refractivity contribution in [1.82, 2.24) is 4.98 Å². The van der Waals surface area contributed by atoms with E-state index in [0.29, 0.717) is 12.1 Å². The quantitative estimate of drug-likeness (QED) is 0.802.